The molecule has 4 aliphatic heterocycles. The molecule has 1 atom stereocenters. The van der Waals surface area contributed by atoms with Gasteiger partial charge in [0.05, 0.1) is 19.4 Å². The van der Waals surface area contributed by atoms with E-state index in [-0.39, 0.29) is 17.1 Å². The first-order valence-corrected chi connectivity index (χ1v) is 13.4. The summed E-state index contributed by atoms with van der Waals surface area (Å²) in [7, 11) is 2.21. The number of piperazine rings is 1. The van der Waals surface area contributed by atoms with E-state index in [0.717, 1.165) is 51.8 Å². The lowest BCUT2D eigenvalue weighted by molar-refractivity contribution is -0.0296. The Labute approximate surface area is 216 Å². The Morgan fingerprint density at radius 3 is 2.25 bits per heavy atom. The minimum atomic E-state index is -0.327. The Kier molecular flexibility index (Phi) is 5.63. The number of benzene rings is 2. The van der Waals surface area contributed by atoms with Crippen LogP contribution in [0.2, 0.25) is 0 Å². The molecule has 4 aliphatic rings. The third-order valence-corrected chi connectivity index (χ3v) is 8.45. The molecule has 0 spiro atoms. The second-order valence-electron chi connectivity index (χ2n) is 12.4. The summed E-state index contributed by atoms with van der Waals surface area (Å²) in [6.45, 7) is 18.3. The van der Waals surface area contributed by atoms with Gasteiger partial charge in [0.2, 0.25) is 0 Å². The van der Waals surface area contributed by atoms with Crippen LogP contribution in [0.15, 0.2) is 54.1 Å². The SMILES string of the molecule is CN1CCN(c2ccc3c(c2)OC(C)(C)C2=CCN4CN(c5ccc(C(C)(C)C)cc5)CN4C23)CC1. The molecular formula is C30H41N5O. The van der Waals surface area contributed by atoms with Gasteiger partial charge in [0, 0.05) is 55.7 Å². The number of anilines is 2. The highest BCUT2D eigenvalue weighted by molar-refractivity contribution is 5.59. The minimum Gasteiger partial charge on any atom is -0.483 e. The van der Waals surface area contributed by atoms with Gasteiger partial charge in [0.15, 0.2) is 0 Å². The van der Waals surface area contributed by atoms with E-state index in [1.54, 1.807) is 0 Å². The maximum absolute atomic E-state index is 6.68. The van der Waals surface area contributed by atoms with Crippen molar-refractivity contribution in [2.24, 2.45) is 0 Å². The van der Waals surface area contributed by atoms with Crippen molar-refractivity contribution in [2.75, 3.05) is 62.9 Å². The molecule has 0 amide bonds. The van der Waals surface area contributed by atoms with Gasteiger partial charge in [0.25, 0.3) is 0 Å². The maximum Gasteiger partial charge on any atom is 0.127 e. The molecular weight excluding hydrogens is 446 g/mol. The molecule has 192 valence electrons. The van der Waals surface area contributed by atoms with Crippen LogP contribution in [-0.2, 0) is 5.41 Å². The molecule has 0 bridgehead atoms. The zero-order valence-corrected chi connectivity index (χ0v) is 22.8. The van der Waals surface area contributed by atoms with Crippen molar-refractivity contribution in [3.05, 3.63) is 65.2 Å². The fraction of sp³-hybridized carbons (Fsp3) is 0.533. The third kappa shape index (κ3) is 4.09. The van der Waals surface area contributed by atoms with E-state index in [2.05, 4.69) is 115 Å². The Balaban J connectivity index is 1.29. The monoisotopic (exact) mass is 487 g/mol. The van der Waals surface area contributed by atoms with Gasteiger partial charge in [-0.3, -0.25) is 0 Å². The Morgan fingerprint density at radius 2 is 1.56 bits per heavy atom. The number of likely N-dealkylation sites (N-methyl/N-ethyl adjacent to an activating group) is 1. The molecule has 0 N–H and O–H groups in total. The highest BCUT2D eigenvalue weighted by Gasteiger charge is 2.47. The zero-order valence-electron chi connectivity index (χ0n) is 22.8. The van der Waals surface area contributed by atoms with Gasteiger partial charge in [0.1, 0.15) is 11.4 Å². The number of ether oxygens (including phenoxy) is 1. The lowest BCUT2D eigenvalue weighted by atomic mass is 9.82. The number of hydrogen-bond donors (Lipinski definition) is 0. The van der Waals surface area contributed by atoms with E-state index < -0.39 is 0 Å². The molecule has 6 nitrogen and oxygen atoms in total. The Bertz CT molecular complexity index is 1160. The Hall–Kier alpha value is -2.54. The molecule has 0 saturated carbocycles. The average molecular weight is 488 g/mol. The fourth-order valence-electron chi connectivity index (χ4n) is 6.14. The van der Waals surface area contributed by atoms with E-state index in [1.807, 2.05) is 0 Å². The molecule has 2 aromatic carbocycles. The fourth-order valence-corrected chi connectivity index (χ4v) is 6.14. The predicted molar refractivity (Wildman–Crippen MR) is 148 cm³/mol. The number of hydrogen-bond acceptors (Lipinski definition) is 6. The van der Waals surface area contributed by atoms with Gasteiger partial charge in [-0.1, -0.05) is 45.0 Å². The highest BCUT2D eigenvalue weighted by Crippen LogP contribution is 2.50. The van der Waals surface area contributed by atoms with Crippen LogP contribution in [0.3, 0.4) is 0 Å². The van der Waals surface area contributed by atoms with Crippen LogP contribution in [0.4, 0.5) is 11.4 Å². The van der Waals surface area contributed by atoms with Crippen molar-refractivity contribution in [1.82, 2.24) is 14.9 Å². The molecule has 2 saturated heterocycles. The van der Waals surface area contributed by atoms with Crippen LogP contribution >= 0.6 is 0 Å². The highest BCUT2D eigenvalue weighted by atomic mass is 16.5. The molecule has 2 fully saturated rings. The number of rotatable bonds is 2. The van der Waals surface area contributed by atoms with E-state index in [4.69, 9.17) is 4.74 Å². The summed E-state index contributed by atoms with van der Waals surface area (Å²) in [6, 6.07) is 16.3. The van der Waals surface area contributed by atoms with Crippen molar-refractivity contribution in [3.63, 3.8) is 0 Å². The normalized spacial score (nSPS) is 24.6. The molecule has 4 heterocycles. The molecule has 6 rings (SSSR count). The van der Waals surface area contributed by atoms with Crippen LogP contribution in [0.1, 0.15) is 51.8 Å². The zero-order chi connectivity index (χ0) is 25.2. The van der Waals surface area contributed by atoms with Gasteiger partial charge in [-0.2, -0.15) is 0 Å². The van der Waals surface area contributed by atoms with Crippen molar-refractivity contribution in [2.45, 2.75) is 51.7 Å². The number of nitrogens with zero attached hydrogens (tertiary/aromatic N) is 5. The average Bonchev–Trinajstić information content (AvgIpc) is 3.28. The first-order chi connectivity index (χ1) is 17.1. The van der Waals surface area contributed by atoms with Crippen LogP contribution in [0, 0.1) is 0 Å². The van der Waals surface area contributed by atoms with E-state index in [0.29, 0.717) is 0 Å². The summed E-state index contributed by atoms with van der Waals surface area (Å²) in [5.74, 6) is 1.04. The second kappa shape index (κ2) is 8.51. The second-order valence-corrected chi connectivity index (χ2v) is 12.4. The van der Waals surface area contributed by atoms with E-state index in [9.17, 15) is 0 Å². The van der Waals surface area contributed by atoms with Crippen molar-refractivity contribution in [3.8, 4) is 5.75 Å². The summed E-state index contributed by atoms with van der Waals surface area (Å²) >= 11 is 0. The van der Waals surface area contributed by atoms with Crippen LogP contribution in [0.5, 0.6) is 5.75 Å². The van der Waals surface area contributed by atoms with Crippen LogP contribution in [-0.4, -0.2) is 73.6 Å². The summed E-state index contributed by atoms with van der Waals surface area (Å²) in [5, 5.41) is 5.05. The predicted octanol–water partition coefficient (Wildman–Crippen LogP) is 4.84. The third-order valence-electron chi connectivity index (χ3n) is 8.45. The van der Waals surface area contributed by atoms with E-state index >= 15 is 0 Å². The molecule has 36 heavy (non-hydrogen) atoms. The van der Waals surface area contributed by atoms with Gasteiger partial charge in [-0.25, -0.2) is 10.0 Å². The smallest absolute Gasteiger partial charge is 0.127 e. The topological polar surface area (TPSA) is 25.4 Å². The quantitative estimate of drug-likeness (QED) is 0.562. The lowest BCUT2D eigenvalue weighted by Crippen LogP contribution is -2.51. The molecule has 0 aliphatic carbocycles. The number of fused-ring (bicyclic) bond motifs is 5. The van der Waals surface area contributed by atoms with Gasteiger partial charge in [-0.15, -0.1) is 0 Å². The maximum atomic E-state index is 6.68. The van der Waals surface area contributed by atoms with Gasteiger partial charge < -0.3 is 19.4 Å². The lowest BCUT2D eigenvalue weighted by Gasteiger charge is -2.48. The summed E-state index contributed by atoms with van der Waals surface area (Å²) in [5.41, 5.74) is 6.45. The van der Waals surface area contributed by atoms with Crippen molar-refractivity contribution < 1.29 is 4.74 Å². The van der Waals surface area contributed by atoms with Crippen molar-refractivity contribution >= 4 is 11.4 Å². The molecule has 2 aromatic rings. The van der Waals surface area contributed by atoms with Gasteiger partial charge in [-0.05, 0) is 55.6 Å². The number of hydrazine groups is 1. The van der Waals surface area contributed by atoms with E-state index in [1.165, 1.54) is 28.1 Å². The first-order valence-electron chi connectivity index (χ1n) is 13.4. The molecule has 1 unspecified atom stereocenters. The minimum absolute atomic E-state index is 0.170. The first kappa shape index (κ1) is 23.8. The molecule has 6 heteroatoms. The Morgan fingerprint density at radius 1 is 0.861 bits per heavy atom. The standard InChI is InChI=1S/C30H41N5O/c1-29(2,3)22-7-9-23(10-8-22)33-20-34-14-13-26-28(35(34)21-33)25-12-11-24(19-27(25)36-30(26,4)5)32-17-15-31(6)16-18-32/h7-13,19,28H,14-18,20-21H2,1-6H3. The summed E-state index contributed by atoms with van der Waals surface area (Å²) in [4.78, 5) is 7.38. The van der Waals surface area contributed by atoms with Crippen molar-refractivity contribution in [1.29, 1.82) is 0 Å². The van der Waals surface area contributed by atoms with Crippen LogP contribution in [0.25, 0.3) is 0 Å². The molecule has 0 radical (unpaired) electrons. The summed E-state index contributed by atoms with van der Waals surface area (Å²) < 4.78 is 6.68. The molecule has 0 aromatic heterocycles. The van der Waals surface area contributed by atoms with Gasteiger partial charge >= 0.3 is 0 Å². The summed E-state index contributed by atoms with van der Waals surface area (Å²) in [6.07, 6.45) is 2.41. The van der Waals surface area contributed by atoms with Crippen LogP contribution < -0.4 is 14.5 Å². The largest absolute Gasteiger partial charge is 0.483 e.